The molecule has 1 N–H and O–H groups in total. The van der Waals surface area contributed by atoms with Gasteiger partial charge in [0.2, 0.25) is 0 Å². The van der Waals surface area contributed by atoms with Gasteiger partial charge in [-0.25, -0.2) is 0 Å². The fraction of sp³-hybridized carbons (Fsp3) is 0.800. The van der Waals surface area contributed by atoms with E-state index in [0.29, 0.717) is 5.92 Å². The Bertz CT molecular complexity index is 266. The van der Waals surface area contributed by atoms with Gasteiger partial charge in [-0.3, -0.25) is 0 Å². The Morgan fingerprint density at radius 1 is 1.55 bits per heavy atom. The van der Waals surface area contributed by atoms with E-state index in [1.165, 1.54) is 0 Å². The average molecular weight is 150 g/mol. The first kappa shape index (κ1) is 6.24. The molecule has 0 saturated heterocycles. The maximum absolute atomic E-state index is 10.3. The largest absolute Gasteiger partial charge is 0.385 e. The highest BCUT2D eigenvalue weighted by Gasteiger charge is 2.80. The lowest BCUT2D eigenvalue weighted by Crippen LogP contribution is -2.37. The summed E-state index contributed by atoms with van der Waals surface area (Å²) in [7, 11) is 0. The second-order valence-corrected chi connectivity index (χ2v) is 5.03. The van der Waals surface area contributed by atoms with Crippen LogP contribution in [0.4, 0.5) is 0 Å². The van der Waals surface area contributed by atoms with Crippen molar-refractivity contribution in [2.24, 2.45) is 23.2 Å². The van der Waals surface area contributed by atoms with Crippen LogP contribution in [0.2, 0.25) is 0 Å². The van der Waals surface area contributed by atoms with Gasteiger partial charge in [-0.2, -0.15) is 0 Å². The molecule has 1 heteroatoms. The molecule has 60 valence electrons. The Hall–Kier alpha value is -0.300. The van der Waals surface area contributed by atoms with Crippen LogP contribution >= 0.6 is 0 Å². The van der Waals surface area contributed by atoms with E-state index in [1.54, 1.807) is 0 Å². The Morgan fingerprint density at radius 2 is 2.18 bits per heavy atom. The molecule has 1 nitrogen and oxygen atoms in total. The van der Waals surface area contributed by atoms with Crippen molar-refractivity contribution >= 4 is 0 Å². The van der Waals surface area contributed by atoms with Gasteiger partial charge in [0, 0.05) is 5.41 Å². The first-order valence-corrected chi connectivity index (χ1v) is 4.42. The van der Waals surface area contributed by atoms with Crippen LogP contribution in [-0.2, 0) is 0 Å². The predicted octanol–water partition coefficient (Wildman–Crippen LogP) is 1.58. The maximum Gasteiger partial charge on any atom is 0.0913 e. The SMILES string of the molecule is C=C1C2C3[C@@H]2C[C@]1(O)C3(C)C. The summed E-state index contributed by atoms with van der Waals surface area (Å²) in [5, 5.41) is 10.3. The minimum atomic E-state index is -0.493. The molecule has 4 aliphatic rings. The number of aliphatic hydroxyl groups is 1. The van der Waals surface area contributed by atoms with E-state index in [1.807, 2.05) is 0 Å². The van der Waals surface area contributed by atoms with Gasteiger partial charge in [0.15, 0.2) is 0 Å². The summed E-state index contributed by atoms with van der Waals surface area (Å²) in [6.45, 7) is 8.40. The molecule has 0 aliphatic heterocycles. The lowest BCUT2D eigenvalue weighted by atomic mass is 9.78. The molecule has 0 aromatic carbocycles. The van der Waals surface area contributed by atoms with Crippen molar-refractivity contribution in [3.05, 3.63) is 12.2 Å². The lowest BCUT2D eigenvalue weighted by molar-refractivity contribution is 0.000533. The molecule has 4 bridgehead atoms. The first-order chi connectivity index (χ1) is 5.00. The van der Waals surface area contributed by atoms with Crippen molar-refractivity contribution in [2.75, 3.05) is 0 Å². The van der Waals surface area contributed by atoms with Gasteiger partial charge >= 0.3 is 0 Å². The van der Waals surface area contributed by atoms with Crippen LogP contribution in [0.3, 0.4) is 0 Å². The molecule has 0 amide bonds. The average Bonchev–Trinajstić information content (AvgIpc) is 2.43. The fourth-order valence-electron chi connectivity index (χ4n) is 3.79. The molecule has 4 aliphatic carbocycles. The Balaban J connectivity index is 2.23. The van der Waals surface area contributed by atoms with E-state index >= 15 is 0 Å². The van der Waals surface area contributed by atoms with Gasteiger partial charge in [0.05, 0.1) is 5.60 Å². The summed E-state index contributed by atoms with van der Waals surface area (Å²) in [6.07, 6.45) is 0.994. The highest BCUT2D eigenvalue weighted by atomic mass is 16.3. The van der Waals surface area contributed by atoms with Crippen molar-refractivity contribution in [3.63, 3.8) is 0 Å². The van der Waals surface area contributed by atoms with Crippen molar-refractivity contribution < 1.29 is 5.11 Å². The van der Waals surface area contributed by atoms with E-state index in [9.17, 15) is 5.11 Å². The smallest absolute Gasteiger partial charge is 0.0913 e. The van der Waals surface area contributed by atoms with Crippen molar-refractivity contribution in [3.8, 4) is 0 Å². The highest BCUT2D eigenvalue weighted by molar-refractivity contribution is 5.45. The fourth-order valence-corrected chi connectivity index (χ4v) is 3.79. The van der Waals surface area contributed by atoms with Crippen molar-refractivity contribution in [1.29, 1.82) is 0 Å². The van der Waals surface area contributed by atoms with Gasteiger partial charge in [-0.05, 0) is 29.7 Å². The molecule has 0 aromatic rings. The summed E-state index contributed by atoms with van der Waals surface area (Å²) in [5.74, 6) is 2.25. The molecular formula is C10H14O. The zero-order valence-corrected chi connectivity index (χ0v) is 7.09. The summed E-state index contributed by atoms with van der Waals surface area (Å²) in [6, 6.07) is 0. The summed E-state index contributed by atoms with van der Waals surface area (Å²) in [4.78, 5) is 0. The molecule has 11 heavy (non-hydrogen) atoms. The third kappa shape index (κ3) is 0.365. The van der Waals surface area contributed by atoms with Crippen LogP contribution in [0.5, 0.6) is 0 Å². The van der Waals surface area contributed by atoms with Crippen LogP contribution in [-0.4, -0.2) is 10.7 Å². The zero-order valence-electron chi connectivity index (χ0n) is 7.09. The Morgan fingerprint density at radius 3 is 2.27 bits per heavy atom. The lowest BCUT2D eigenvalue weighted by Gasteiger charge is -2.33. The zero-order chi connectivity index (χ0) is 8.02. The number of rotatable bonds is 0. The molecule has 0 aromatic heterocycles. The van der Waals surface area contributed by atoms with Crippen LogP contribution in [0.15, 0.2) is 12.2 Å². The predicted molar refractivity (Wildman–Crippen MR) is 43.0 cm³/mol. The summed E-state index contributed by atoms with van der Waals surface area (Å²) < 4.78 is 0. The van der Waals surface area contributed by atoms with Gasteiger partial charge in [0.1, 0.15) is 0 Å². The molecule has 0 spiro atoms. The molecule has 4 fully saturated rings. The highest BCUT2D eigenvalue weighted by Crippen LogP contribution is 2.81. The minimum absolute atomic E-state index is 0.124. The topological polar surface area (TPSA) is 20.2 Å². The molecular weight excluding hydrogens is 136 g/mol. The van der Waals surface area contributed by atoms with Gasteiger partial charge in [0.25, 0.3) is 0 Å². The molecule has 0 radical (unpaired) electrons. The van der Waals surface area contributed by atoms with Gasteiger partial charge in [-0.1, -0.05) is 20.4 Å². The maximum atomic E-state index is 10.3. The number of hydrogen-bond donors (Lipinski definition) is 1. The van der Waals surface area contributed by atoms with Gasteiger partial charge < -0.3 is 5.11 Å². The van der Waals surface area contributed by atoms with Crippen LogP contribution in [0.25, 0.3) is 0 Å². The van der Waals surface area contributed by atoms with E-state index in [4.69, 9.17) is 0 Å². The Kier molecular flexibility index (Phi) is 0.683. The van der Waals surface area contributed by atoms with Gasteiger partial charge in [-0.15, -0.1) is 0 Å². The summed E-state index contributed by atoms with van der Waals surface area (Å²) in [5.41, 5.74) is 0.768. The third-order valence-electron chi connectivity index (χ3n) is 4.53. The summed E-state index contributed by atoms with van der Waals surface area (Å²) >= 11 is 0. The van der Waals surface area contributed by atoms with E-state index < -0.39 is 5.60 Å². The number of hydrogen-bond acceptors (Lipinski definition) is 1. The normalized spacial score (nSPS) is 62.1. The monoisotopic (exact) mass is 150 g/mol. The minimum Gasteiger partial charge on any atom is -0.385 e. The van der Waals surface area contributed by atoms with Crippen LogP contribution < -0.4 is 0 Å². The van der Waals surface area contributed by atoms with Crippen LogP contribution in [0.1, 0.15) is 20.3 Å². The van der Waals surface area contributed by atoms with E-state index in [-0.39, 0.29) is 5.41 Å². The molecule has 4 atom stereocenters. The van der Waals surface area contributed by atoms with E-state index in [0.717, 1.165) is 23.8 Å². The quantitative estimate of drug-likeness (QED) is 0.520. The molecule has 2 unspecified atom stereocenters. The third-order valence-corrected chi connectivity index (χ3v) is 4.53. The second kappa shape index (κ2) is 1.20. The molecule has 4 rings (SSSR count). The standard InChI is InChI=1S/C10H14O/c1-5-7-6-4-10(5,11)9(2,3)8(6)7/h6-8,11H,1,4H2,2-3H3/t6-,7?,8?,10-/m1/s1. The molecule has 4 saturated carbocycles. The van der Waals surface area contributed by atoms with Crippen molar-refractivity contribution in [1.82, 2.24) is 0 Å². The second-order valence-electron chi connectivity index (χ2n) is 5.03. The molecule has 0 heterocycles. The van der Waals surface area contributed by atoms with Crippen molar-refractivity contribution in [2.45, 2.75) is 25.9 Å². The van der Waals surface area contributed by atoms with Crippen LogP contribution in [0, 0.1) is 23.2 Å². The first-order valence-electron chi connectivity index (χ1n) is 4.42. The Labute approximate surface area is 67.1 Å². The van der Waals surface area contributed by atoms with E-state index in [2.05, 4.69) is 20.4 Å².